The second kappa shape index (κ2) is 40.7. The minimum atomic E-state index is 0. The summed E-state index contributed by atoms with van der Waals surface area (Å²) in [4.78, 5) is 31.2. The van der Waals surface area contributed by atoms with E-state index in [1.807, 2.05) is 236 Å². The molecule has 0 unspecified atom stereocenters. The molecule has 0 aliphatic carbocycles. The number of rotatable bonds is 12. The average molecular weight is 2290 g/mol. The van der Waals surface area contributed by atoms with E-state index in [2.05, 4.69) is 134 Å². The van der Waals surface area contributed by atoms with E-state index >= 15 is 0 Å². The Kier molecular flexibility index (Phi) is 31.1. The van der Waals surface area contributed by atoms with E-state index < -0.39 is 0 Å². The number of nitrogens with zero attached hydrogens (tertiary/aromatic N) is 20. The van der Waals surface area contributed by atoms with Crippen molar-refractivity contribution in [2.75, 3.05) is 0 Å². The summed E-state index contributed by atoms with van der Waals surface area (Å²) < 4.78 is 7.38. The molecule has 0 saturated heterocycles. The van der Waals surface area contributed by atoms with Crippen LogP contribution in [0.4, 0.5) is 0 Å². The topological polar surface area (TPSA) is 218 Å². The maximum Gasteiger partial charge on any atom is 0.137 e. The standard InChI is InChI=1S/2C20H15N4.3C14H11N4.5Ir/c1-15-8-5-6-12-18(15)20-19(16-9-3-2-4-10-16)22-23-24(20)17-11-7-13-21-14-17;1-15-8-5-6-12-18(15)20-19(16-9-3-2-4-10-16)22-24(23-20)17-11-7-13-21-14-17;1-11-16-17-14(12-6-3-2-4-7-12)18(11)13-8-5-9-15-10-13;2*1-11-16-14(12-6-3-2-4-7-12)18(17-11)13-8-5-9-15-10-13;;;;;/h2*2-9,11-14H,1H3;3*2-6,8-10H,1H3;;;;;/q5*-1;;;;;. The van der Waals surface area contributed by atoms with Crippen LogP contribution in [0.3, 0.4) is 0 Å². The van der Waals surface area contributed by atoms with Gasteiger partial charge in [-0.3, -0.25) is 44.3 Å². The smallest absolute Gasteiger partial charge is 0.137 e. The van der Waals surface area contributed by atoms with Crippen molar-refractivity contribution in [2.24, 2.45) is 0 Å². The summed E-state index contributed by atoms with van der Waals surface area (Å²) in [6, 6.07) is 90.5. The van der Waals surface area contributed by atoms with E-state index in [1.54, 1.807) is 76.1 Å². The number of benzene rings is 7. The van der Waals surface area contributed by atoms with Crippen molar-refractivity contribution in [3.05, 3.63) is 351 Å². The SMILES string of the molecule is Cc1ccccc1-c1c(-c2[c-]cccc2)nnn1-c1cccnc1.Cc1ccccc1-c1nn(-c2cccnc2)nc1-c1[c-]cccc1.Cc1nc(-c2[c-]cccc2)n(-c2cccnc2)n1.Cc1nc(-c2[c-]cccc2)n(-c2cccnc2)n1.Cc1nnc(-c2[c-]cccc2)n1-c1cccnc1.[Ir].[Ir].[Ir].[Ir].[Ir]. The summed E-state index contributed by atoms with van der Waals surface area (Å²) in [6.07, 6.45) is 17.6. The maximum absolute atomic E-state index is 4.73. The fraction of sp³-hybridized carbons (Fsp3) is 0.0610. The minimum absolute atomic E-state index is 0. The predicted molar refractivity (Wildman–Crippen MR) is 392 cm³/mol. The molecule has 0 amide bonds. The van der Waals surface area contributed by atoms with Crippen molar-refractivity contribution in [3.63, 3.8) is 0 Å². The van der Waals surface area contributed by atoms with E-state index in [0.717, 1.165) is 131 Å². The molecule has 17 aromatic rings. The molecule has 0 aliphatic rings. The van der Waals surface area contributed by atoms with E-state index in [-0.39, 0.29) is 101 Å². The summed E-state index contributed by atoms with van der Waals surface area (Å²) >= 11 is 0. The van der Waals surface area contributed by atoms with Crippen LogP contribution in [0.2, 0.25) is 0 Å². The molecule has 10 heterocycles. The Labute approximate surface area is 687 Å². The molecule has 5 radical (unpaired) electrons. The summed E-state index contributed by atoms with van der Waals surface area (Å²) in [7, 11) is 0. The first-order valence-corrected chi connectivity index (χ1v) is 32.4. The maximum atomic E-state index is 4.73. The van der Waals surface area contributed by atoms with Gasteiger partial charge in [0.05, 0.1) is 82.6 Å². The van der Waals surface area contributed by atoms with Crippen LogP contribution in [-0.4, -0.2) is 99.2 Å². The van der Waals surface area contributed by atoms with E-state index in [0.29, 0.717) is 0 Å². The van der Waals surface area contributed by atoms with Gasteiger partial charge in [0.1, 0.15) is 23.2 Å². The van der Waals surface area contributed by atoms with Crippen LogP contribution in [0.25, 0.3) is 108 Å². The number of aryl methyl sites for hydroxylation is 5. The first-order chi connectivity index (χ1) is 50.2. The van der Waals surface area contributed by atoms with Crippen molar-refractivity contribution in [3.8, 4) is 108 Å². The quantitative estimate of drug-likeness (QED) is 0.104. The van der Waals surface area contributed by atoms with Gasteiger partial charge in [-0.05, 0) is 118 Å². The zero-order chi connectivity index (χ0) is 69.8. The average Bonchev–Trinajstić information content (AvgIpc) is 1.64. The van der Waals surface area contributed by atoms with Gasteiger partial charge in [0, 0.05) is 143 Å². The van der Waals surface area contributed by atoms with Gasteiger partial charge in [0.2, 0.25) is 0 Å². The molecule has 0 atom stereocenters. The molecule has 10 aromatic heterocycles. The normalized spacial score (nSPS) is 10.1. The first kappa shape index (κ1) is 81.9. The predicted octanol–water partition coefficient (Wildman–Crippen LogP) is 15.5. The molecule has 0 bridgehead atoms. The van der Waals surface area contributed by atoms with Gasteiger partial charge in [0.25, 0.3) is 0 Å². The molecule has 25 heteroatoms. The van der Waals surface area contributed by atoms with Gasteiger partial charge < -0.3 is 4.57 Å². The number of aromatic nitrogens is 20. The second-order valence-corrected chi connectivity index (χ2v) is 22.6. The van der Waals surface area contributed by atoms with Crippen LogP contribution in [0.15, 0.2) is 292 Å². The third kappa shape index (κ3) is 20.4. The van der Waals surface area contributed by atoms with Gasteiger partial charge in [0.15, 0.2) is 0 Å². The summed E-state index contributed by atoms with van der Waals surface area (Å²) in [5, 5.41) is 35.4. The molecule has 0 fully saturated rings. The third-order valence-corrected chi connectivity index (χ3v) is 15.6. The van der Waals surface area contributed by atoms with Crippen LogP contribution >= 0.6 is 0 Å². The van der Waals surface area contributed by atoms with Gasteiger partial charge in [-0.1, -0.05) is 53.7 Å². The van der Waals surface area contributed by atoms with Crippen LogP contribution in [0, 0.1) is 65.0 Å². The first-order valence-electron chi connectivity index (χ1n) is 32.4. The van der Waals surface area contributed by atoms with Gasteiger partial charge in [-0.15, -0.1) is 185 Å². The molecule has 0 aliphatic heterocycles. The molecule has 7 aromatic carbocycles. The number of hydrogen-bond acceptors (Lipinski definition) is 15. The van der Waals surface area contributed by atoms with Crippen molar-refractivity contribution >= 4 is 0 Å². The Morgan fingerprint density at radius 3 is 1.07 bits per heavy atom. The summed E-state index contributed by atoms with van der Waals surface area (Å²) in [5.41, 5.74) is 17.0. The Morgan fingerprint density at radius 2 is 0.654 bits per heavy atom. The number of hydrogen-bond donors (Lipinski definition) is 0. The molecule has 541 valence electrons. The Morgan fingerprint density at radius 1 is 0.290 bits per heavy atom. The third-order valence-electron chi connectivity index (χ3n) is 15.6. The zero-order valence-electron chi connectivity index (χ0n) is 57.8. The fourth-order valence-corrected chi connectivity index (χ4v) is 10.8. The molecule has 0 saturated carbocycles. The van der Waals surface area contributed by atoms with E-state index in [4.69, 9.17) is 10.2 Å². The van der Waals surface area contributed by atoms with E-state index in [1.165, 1.54) is 5.56 Å². The van der Waals surface area contributed by atoms with E-state index in [9.17, 15) is 0 Å². The Balaban J connectivity index is 0.000000168. The van der Waals surface area contributed by atoms with Crippen molar-refractivity contribution in [1.29, 1.82) is 0 Å². The Bertz CT molecular complexity index is 5050. The second-order valence-electron chi connectivity index (χ2n) is 22.6. The van der Waals surface area contributed by atoms with Crippen molar-refractivity contribution in [2.45, 2.75) is 34.6 Å². The molecule has 17 rings (SSSR count). The molecule has 0 N–H and O–H groups in total. The van der Waals surface area contributed by atoms with Crippen molar-refractivity contribution < 1.29 is 101 Å². The molecule has 20 nitrogen and oxygen atoms in total. The monoisotopic (exact) mass is 2290 g/mol. The van der Waals surface area contributed by atoms with Crippen LogP contribution in [0.1, 0.15) is 28.6 Å². The molecular formula is C82H63Ir5N20-5. The summed E-state index contributed by atoms with van der Waals surface area (Å²) in [6.45, 7) is 9.84. The van der Waals surface area contributed by atoms with Crippen LogP contribution < -0.4 is 0 Å². The molecule has 107 heavy (non-hydrogen) atoms. The zero-order valence-corrected chi connectivity index (χ0v) is 69.8. The van der Waals surface area contributed by atoms with Crippen LogP contribution in [-0.2, 0) is 101 Å². The van der Waals surface area contributed by atoms with Crippen molar-refractivity contribution in [1.82, 2.24) is 99.2 Å². The largest absolute Gasteiger partial charge is 0.319 e. The van der Waals surface area contributed by atoms with Crippen LogP contribution in [0.5, 0.6) is 0 Å². The Hall–Kier alpha value is -10.8. The fourth-order valence-electron chi connectivity index (χ4n) is 10.8. The van der Waals surface area contributed by atoms with Gasteiger partial charge in [-0.2, -0.15) is 35.4 Å². The summed E-state index contributed by atoms with van der Waals surface area (Å²) in [5.74, 6) is 4.62. The van der Waals surface area contributed by atoms with Gasteiger partial charge >= 0.3 is 0 Å². The molecule has 0 spiro atoms. The molecular weight excluding hydrogens is 2230 g/mol. The number of pyridine rings is 5. The van der Waals surface area contributed by atoms with Gasteiger partial charge in [-0.25, -0.2) is 4.68 Å². The minimum Gasteiger partial charge on any atom is -0.319 e.